The molecule has 1 saturated heterocycles. The summed E-state index contributed by atoms with van der Waals surface area (Å²) in [5, 5.41) is 3.02. The zero-order valence-electron chi connectivity index (χ0n) is 17.2. The van der Waals surface area contributed by atoms with Gasteiger partial charge in [0.15, 0.2) is 0 Å². The number of amides is 2. The van der Waals surface area contributed by atoms with Gasteiger partial charge in [-0.15, -0.1) is 0 Å². The third-order valence-electron chi connectivity index (χ3n) is 5.21. The molecule has 2 amide bonds. The lowest BCUT2D eigenvalue weighted by molar-refractivity contribution is -0.126. The van der Waals surface area contributed by atoms with Crippen molar-refractivity contribution in [3.05, 3.63) is 59.4 Å². The molecule has 1 atom stereocenters. The zero-order valence-corrected chi connectivity index (χ0v) is 17.2. The quantitative estimate of drug-likeness (QED) is 0.779. The van der Waals surface area contributed by atoms with Crippen LogP contribution in [0.15, 0.2) is 42.7 Å². The highest BCUT2D eigenvalue weighted by atomic mass is 16.5. The van der Waals surface area contributed by atoms with Crippen LogP contribution in [0.1, 0.15) is 54.1 Å². The van der Waals surface area contributed by atoms with Crippen molar-refractivity contribution in [3.8, 4) is 5.75 Å². The van der Waals surface area contributed by atoms with E-state index in [9.17, 15) is 9.59 Å². The molecule has 154 valence electrons. The van der Waals surface area contributed by atoms with Crippen LogP contribution in [0.25, 0.3) is 0 Å². The van der Waals surface area contributed by atoms with E-state index in [-0.39, 0.29) is 11.8 Å². The fraction of sp³-hybridized carbons (Fsp3) is 0.435. The number of aryl methyl sites for hydroxylation is 1. The van der Waals surface area contributed by atoms with Crippen LogP contribution in [0.4, 0.5) is 0 Å². The van der Waals surface area contributed by atoms with Gasteiger partial charge in [0.2, 0.25) is 5.91 Å². The Morgan fingerprint density at radius 2 is 2.14 bits per heavy atom. The van der Waals surface area contributed by atoms with E-state index in [1.165, 1.54) is 0 Å². The highest BCUT2D eigenvalue weighted by molar-refractivity contribution is 5.97. The summed E-state index contributed by atoms with van der Waals surface area (Å²) in [5.41, 5.74) is 2.64. The summed E-state index contributed by atoms with van der Waals surface area (Å²) in [6.07, 6.45) is 6.69. The number of nitrogens with zero attached hydrogens (tertiary/aromatic N) is 2. The topological polar surface area (TPSA) is 71.5 Å². The molecule has 2 aromatic rings. The summed E-state index contributed by atoms with van der Waals surface area (Å²) in [7, 11) is 0. The van der Waals surface area contributed by atoms with Gasteiger partial charge in [-0.05, 0) is 68.0 Å². The fourth-order valence-electron chi connectivity index (χ4n) is 3.58. The molecule has 3 rings (SSSR count). The van der Waals surface area contributed by atoms with Gasteiger partial charge in [-0.2, -0.15) is 0 Å². The van der Waals surface area contributed by atoms with E-state index < -0.39 is 6.04 Å². The summed E-state index contributed by atoms with van der Waals surface area (Å²) in [4.78, 5) is 31.5. The second kappa shape index (κ2) is 10.0. The van der Waals surface area contributed by atoms with Crippen molar-refractivity contribution in [1.29, 1.82) is 0 Å². The molecular formula is C23H29N3O3. The van der Waals surface area contributed by atoms with Crippen molar-refractivity contribution in [1.82, 2.24) is 15.2 Å². The Kier molecular flexibility index (Phi) is 7.22. The Bertz CT molecular complexity index is 839. The van der Waals surface area contributed by atoms with Crippen molar-refractivity contribution < 1.29 is 14.3 Å². The Morgan fingerprint density at radius 1 is 1.28 bits per heavy atom. The molecule has 29 heavy (non-hydrogen) atoms. The summed E-state index contributed by atoms with van der Waals surface area (Å²) in [5.74, 6) is 0.610. The zero-order chi connectivity index (χ0) is 20.6. The average molecular weight is 396 g/mol. The molecule has 0 spiro atoms. The molecule has 6 nitrogen and oxygen atoms in total. The Morgan fingerprint density at radius 3 is 2.86 bits per heavy atom. The van der Waals surface area contributed by atoms with Gasteiger partial charge < -0.3 is 15.0 Å². The highest BCUT2D eigenvalue weighted by Crippen LogP contribution is 2.21. The maximum atomic E-state index is 12.9. The number of pyridine rings is 1. The normalized spacial score (nSPS) is 16.3. The lowest BCUT2D eigenvalue weighted by Crippen LogP contribution is -2.51. The van der Waals surface area contributed by atoms with Crippen LogP contribution in [0.2, 0.25) is 0 Å². The Labute approximate surface area is 172 Å². The number of piperidine rings is 1. The van der Waals surface area contributed by atoms with Crippen LogP contribution in [0, 0.1) is 6.92 Å². The number of ether oxygens (including phenoxy) is 1. The van der Waals surface area contributed by atoms with Crippen molar-refractivity contribution in [2.45, 2.75) is 52.1 Å². The maximum absolute atomic E-state index is 12.9. The molecule has 0 aliphatic carbocycles. The van der Waals surface area contributed by atoms with E-state index in [0.717, 1.165) is 36.1 Å². The minimum Gasteiger partial charge on any atom is -0.494 e. The Balaban J connectivity index is 1.63. The van der Waals surface area contributed by atoms with Crippen LogP contribution in [0.5, 0.6) is 5.75 Å². The van der Waals surface area contributed by atoms with E-state index in [1.807, 2.05) is 25.1 Å². The van der Waals surface area contributed by atoms with Gasteiger partial charge >= 0.3 is 0 Å². The number of benzene rings is 1. The second-order valence-electron chi connectivity index (χ2n) is 7.41. The van der Waals surface area contributed by atoms with Gasteiger partial charge in [0.25, 0.3) is 5.91 Å². The Hall–Kier alpha value is -2.89. The number of rotatable bonds is 7. The molecule has 1 fully saturated rings. The SMILES string of the molecule is CCCOc1ccc(CNC(=O)C2CCCCN2C(=O)c2cccnc2)c(C)c1. The maximum Gasteiger partial charge on any atom is 0.256 e. The van der Waals surface area contributed by atoms with Gasteiger partial charge in [-0.25, -0.2) is 0 Å². The minimum absolute atomic E-state index is 0.104. The van der Waals surface area contributed by atoms with Crippen molar-refractivity contribution in [2.24, 2.45) is 0 Å². The van der Waals surface area contributed by atoms with Crippen LogP contribution in [-0.4, -0.2) is 40.9 Å². The first kappa shape index (κ1) is 20.8. The smallest absolute Gasteiger partial charge is 0.256 e. The minimum atomic E-state index is -0.441. The van der Waals surface area contributed by atoms with Crippen molar-refractivity contribution in [3.63, 3.8) is 0 Å². The number of hydrogen-bond acceptors (Lipinski definition) is 4. The number of carbonyl (C=O) groups excluding carboxylic acids is 2. The van der Waals surface area contributed by atoms with Gasteiger partial charge in [0, 0.05) is 25.5 Å². The summed E-state index contributed by atoms with van der Waals surface area (Å²) in [6.45, 7) is 5.81. The van der Waals surface area contributed by atoms with E-state index in [2.05, 4.69) is 17.2 Å². The van der Waals surface area contributed by atoms with Gasteiger partial charge in [0.05, 0.1) is 12.2 Å². The lowest BCUT2D eigenvalue weighted by Gasteiger charge is -2.34. The predicted octanol–water partition coefficient (Wildman–Crippen LogP) is 3.49. The summed E-state index contributed by atoms with van der Waals surface area (Å²) >= 11 is 0. The first-order chi connectivity index (χ1) is 14.1. The molecule has 1 N–H and O–H groups in total. The average Bonchev–Trinajstić information content (AvgIpc) is 2.77. The molecule has 2 heterocycles. The van der Waals surface area contributed by atoms with E-state index in [0.29, 0.717) is 31.7 Å². The molecule has 0 radical (unpaired) electrons. The molecule has 1 aliphatic rings. The number of aromatic nitrogens is 1. The first-order valence-corrected chi connectivity index (χ1v) is 10.3. The number of nitrogens with one attached hydrogen (secondary N) is 1. The van der Waals surface area contributed by atoms with Crippen LogP contribution in [0.3, 0.4) is 0 Å². The molecule has 1 aliphatic heterocycles. The van der Waals surface area contributed by atoms with Crippen molar-refractivity contribution >= 4 is 11.8 Å². The van der Waals surface area contributed by atoms with Crippen LogP contribution >= 0.6 is 0 Å². The van der Waals surface area contributed by atoms with Crippen LogP contribution in [-0.2, 0) is 11.3 Å². The molecule has 1 aromatic carbocycles. The largest absolute Gasteiger partial charge is 0.494 e. The monoisotopic (exact) mass is 395 g/mol. The molecular weight excluding hydrogens is 366 g/mol. The molecule has 1 unspecified atom stereocenters. The predicted molar refractivity (Wildman–Crippen MR) is 112 cm³/mol. The van der Waals surface area contributed by atoms with Crippen LogP contribution < -0.4 is 10.1 Å². The first-order valence-electron chi connectivity index (χ1n) is 10.3. The lowest BCUT2D eigenvalue weighted by atomic mass is 10.00. The number of likely N-dealkylation sites (tertiary alicyclic amines) is 1. The molecule has 6 heteroatoms. The van der Waals surface area contributed by atoms with E-state index in [1.54, 1.807) is 29.4 Å². The second-order valence-corrected chi connectivity index (χ2v) is 7.41. The van der Waals surface area contributed by atoms with Gasteiger partial charge in [0.1, 0.15) is 11.8 Å². The molecule has 0 saturated carbocycles. The third-order valence-corrected chi connectivity index (χ3v) is 5.21. The number of carbonyl (C=O) groups is 2. The molecule has 1 aromatic heterocycles. The summed E-state index contributed by atoms with van der Waals surface area (Å²) in [6, 6.07) is 8.95. The molecule has 0 bridgehead atoms. The fourth-order valence-corrected chi connectivity index (χ4v) is 3.58. The van der Waals surface area contributed by atoms with Crippen molar-refractivity contribution in [2.75, 3.05) is 13.2 Å². The third kappa shape index (κ3) is 5.34. The van der Waals surface area contributed by atoms with E-state index in [4.69, 9.17) is 4.74 Å². The standard InChI is InChI=1S/C23H29N3O3/c1-3-13-29-20-10-9-18(17(2)14-20)16-25-22(27)21-8-4-5-12-26(21)23(28)19-7-6-11-24-15-19/h6-7,9-11,14-15,21H,3-5,8,12-13,16H2,1-2H3,(H,25,27). The summed E-state index contributed by atoms with van der Waals surface area (Å²) < 4.78 is 5.66. The number of hydrogen-bond donors (Lipinski definition) is 1. The van der Waals surface area contributed by atoms with Gasteiger partial charge in [-0.1, -0.05) is 13.0 Å². The van der Waals surface area contributed by atoms with E-state index >= 15 is 0 Å². The van der Waals surface area contributed by atoms with Gasteiger partial charge in [-0.3, -0.25) is 14.6 Å². The highest BCUT2D eigenvalue weighted by Gasteiger charge is 2.32.